The van der Waals surface area contributed by atoms with E-state index in [0.717, 1.165) is 47.6 Å². The van der Waals surface area contributed by atoms with Crippen molar-refractivity contribution >= 4 is 17.7 Å². The molecule has 0 bridgehead atoms. The second-order valence-electron chi connectivity index (χ2n) is 9.35. The van der Waals surface area contributed by atoms with Crippen molar-refractivity contribution in [3.8, 4) is 11.5 Å². The molecule has 0 fully saturated rings. The highest BCUT2D eigenvalue weighted by Crippen LogP contribution is 2.22. The molecule has 40 heavy (non-hydrogen) atoms. The lowest BCUT2D eigenvalue weighted by Gasteiger charge is -2.18. The van der Waals surface area contributed by atoms with Crippen LogP contribution >= 0.6 is 0 Å². The first-order chi connectivity index (χ1) is 19.3. The van der Waals surface area contributed by atoms with Crippen LogP contribution in [0.25, 0.3) is 0 Å². The van der Waals surface area contributed by atoms with Crippen LogP contribution in [0, 0.1) is 0 Å². The van der Waals surface area contributed by atoms with Gasteiger partial charge in [-0.1, -0.05) is 30.3 Å². The number of nitrogens with two attached hydrogens (primary N) is 1. The first kappa shape index (κ1) is 30.4. The molecule has 6 N–H and O–H groups in total. The summed E-state index contributed by atoms with van der Waals surface area (Å²) in [6, 6.07) is 18.9. The molecule has 0 aromatic heterocycles. The maximum absolute atomic E-state index is 11.6. The summed E-state index contributed by atoms with van der Waals surface area (Å²) in [4.78, 5) is 27.7. The van der Waals surface area contributed by atoms with Crippen LogP contribution in [0.3, 0.4) is 0 Å². The topological polar surface area (TPSA) is 155 Å². The molecule has 0 aliphatic heterocycles. The minimum absolute atomic E-state index is 0.0122. The van der Waals surface area contributed by atoms with E-state index >= 15 is 0 Å². The summed E-state index contributed by atoms with van der Waals surface area (Å²) in [5, 5.41) is 33.3. The summed E-state index contributed by atoms with van der Waals surface area (Å²) in [7, 11) is 0. The smallest absolute Gasteiger partial charge is 0.352 e. The highest BCUT2D eigenvalue weighted by atomic mass is 16.7. The highest BCUT2D eigenvalue weighted by Gasteiger charge is 2.16. The summed E-state index contributed by atoms with van der Waals surface area (Å²) in [5.41, 5.74) is 8.86. The van der Waals surface area contributed by atoms with Crippen LogP contribution in [0.15, 0.2) is 66.7 Å². The van der Waals surface area contributed by atoms with Crippen molar-refractivity contribution in [2.75, 3.05) is 24.8 Å². The Bertz CT molecular complexity index is 1250. The number of nitrogens with one attached hydrogen (secondary N) is 1. The number of unbranched alkanes of at least 4 members (excludes halogenated alkanes) is 1. The summed E-state index contributed by atoms with van der Waals surface area (Å²) >= 11 is 0. The van der Waals surface area contributed by atoms with Gasteiger partial charge in [0.2, 0.25) is 0 Å². The van der Waals surface area contributed by atoms with Gasteiger partial charge in [-0.05, 0) is 85.3 Å². The molecular weight excluding hydrogens is 514 g/mol. The van der Waals surface area contributed by atoms with E-state index < -0.39 is 18.1 Å². The minimum Gasteiger partial charge on any atom is -0.508 e. The molecule has 1 atom stereocenters. The maximum atomic E-state index is 11.6. The van der Waals surface area contributed by atoms with Crippen LogP contribution in [0.2, 0.25) is 0 Å². The van der Waals surface area contributed by atoms with E-state index in [-0.39, 0.29) is 12.4 Å². The molecular formula is C30H37N3O7. The number of carbonyl (C=O) groups excluding carboxylic acids is 2. The van der Waals surface area contributed by atoms with E-state index in [1.54, 1.807) is 30.3 Å². The Balaban J connectivity index is 1.34. The van der Waals surface area contributed by atoms with Gasteiger partial charge in [0.05, 0.1) is 25.0 Å². The molecule has 10 nitrogen and oxygen atoms in total. The van der Waals surface area contributed by atoms with Crippen molar-refractivity contribution < 1.29 is 34.5 Å². The van der Waals surface area contributed by atoms with Crippen LogP contribution < -0.4 is 20.9 Å². The number of aryl methyl sites for hydroxylation is 1. The van der Waals surface area contributed by atoms with E-state index in [4.69, 9.17) is 15.3 Å². The second-order valence-corrected chi connectivity index (χ2v) is 9.35. The number of primary amides is 1. The zero-order valence-corrected chi connectivity index (χ0v) is 22.6. The Hall–Kier alpha value is -4.12. The second kappa shape index (κ2) is 15.5. The monoisotopic (exact) mass is 551 g/mol. The molecule has 0 spiro atoms. The Morgan fingerprint density at radius 2 is 1.77 bits per heavy atom. The Morgan fingerprint density at radius 3 is 2.48 bits per heavy atom. The molecule has 0 aliphatic carbocycles. The summed E-state index contributed by atoms with van der Waals surface area (Å²) in [6.45, 7) is 2.52. The van der Waals surface area contributed by atoms with Crippen molar-refractivity contribution in [1.82, 2.24) is 5.32 Å². The average Bonchev–Trinajstić information content (AvgIpc) is 2.94. The fourth-order valence-corrected chi connectivity index (χ4v) is 4.09. The zero-order valence-electron chi connectivity index (χ0n) is 22.6. The number of hydroxylamine groups is 1. The molecule has 3 rings (SSSR count). The number of aliphatic hydroxyl groups is 2. The van der Waals surface area contributed by atoms with Gasteiger partial charge in [0.25, 0.3) is 0 Å². The Kier molecular flexibility index (Phi) is 11.8. The number of urea groups is 1. The molecule has 3 aromatic rings. The van der Waals surface area contributed by atoms with Crippen LogP contribution in [0.4, 0.5) is 10.5 Å². The lowest BCUT2D eigenvalue weighted by atomic mass is 10.1. The molecule has 0 radical (unpaired) electrons. The van der Waals surface area contributed by atoms with Crippen LogP contribution in [-0.4, -0.2) is 47.0 Å². The van der Waals surface area contributed by atoms with Gasteiger partial charge in [0.15, 0.2) is 0 Å². The molecule has 214 valence electrons. The van der Waals surface area contributed by atoms with Gasteiger partial charge in [-0.2, -0.15) is 0 Å². The van der Waals surface area contributed by atoms with Gasteiger partial charge in [-0.25, -0.2) is 9.59 Å². The minimum atomic E-state index is -0.870. The SMILES string of the molecule is CC(=O)ON(C(N)=O)c1cccc(CCCCOc2ccc(CCNC[C@H](O)c3ccc(O)c(CO)c3)cc2)c1. The first-order valence-corrected chi connectivity index (χ1v) is 13.2. The fraction of sp³-hybridized carbons (Fsp3) is 0.333. The molecule has 0 saturated heterocycles. The lowest BCUT2D eigenvalue weighted by molar-refractivity contribution is -0.141. The number of hydrogen-bond donors (Lipinski definition) is 5. The van der Waals surface area contributed by atoms with Crippen LogP contribution in [-0.2, 0) is 29.1 Å². The van der Waals surface area contributed by atoms with Crippen LogP contribution in [0.5, 0.6) is 11.5 Å². The number of anilines is 1. The third kappa shape index (κ3) is 9.57. The van der Waals surface area contributed by atoms with Crippen LogP contribution in [0.1, 0.15) is 48.1 Å². The molecule has 0 aliphatic rings. The number of hydrogen-bond acceptors (Lipinski definition) is 8. The van der Waals surface area contributed by atoms with Gasteiger partial charge >= 0.3 is 12.0 Å². The first-order valence-electron chi connectivity index (χ1n) is 13.2. The van der Waals surface area contributed by atoms with Gasteiger partial charge in [0, 0.05) is 19.0 Å². The summed E-state index contributed by atoms with van der Waals surface area (Å²) < 4.78 is 5.86. The number of amides is 2. The predicted octanol–water partition coefficient (Wildman–Crippen LogP) is 3.52. The lowest BCUT2D eigenvalue weighted by Crippen LogP contribution is -2.37. The third-order valence-corrected chi connectivity index (χ3v) is 6.20. The number of ether oxygens (including phenoxy) is 1. The summed E-state index contributed by atoms with van der Waals surface area (Å²) in [6.07, 6.45) is 2.52. The Labute approximate surface area is 233 Å². The molecule has 0 unspecified atom stereocenters. The molecule has 3 aromatic carbocycles. The largest absolute Gasteiger partial charge is 0.508 e. The van der Waals surface area contributed by atoms with E-state index in [2.05, 4.69) is 5.32 Å². The van der Waals surface area contributed by atoms with Crippen molar-refractivity contribution in [1.29, 1.82) is 0 Å². The third-order valence-electron chi connectivity index (χ3n) is 6.20. The van der Waals surface area contributed by atoms with E-state index in [1.807, 2.05) is 30.3 Å². The number of nitrogens with zero attached hydrogens (tertiary/aromatic N) is 1. The van der Waals surface area contributed by atoms with E-state index in [0.29, 0.717) is 36.5 Å². The molecule has 0 saturated carbocycles. The Morgan fingerprint density at radius 1 is 1.00 bits per heavy atom. The fourth-order valence-electron chi connectivity index (χ4n) is 4.09. The zero-order chi connectivity index (χ0) is 28.9. The molecule has 2 amide bonds. The average molecular weight is 552 g/mol. The van der Waals surface area contributed by atoms with Crippen molar-refractivity contribution in [3.05, 3.63) is 89.0 Å². The number of carbonyl (C=O) groups is 2. The van der Waals surface area contributed by atoms with Gasteiger partial charge in [-0.3, -0.25) is 0 Å². The van der Waals surface area contributed by atoms with Gasteiger partial charge in [-0.15, -0.1) is 5.06 Å². The van der Waals surface area contributed by atoms with Gasteiger partial charge < -0.3 is 35.9 Å². The van der Waals surface area contributed by atoms with Crippen molar-refractivity contribution in [3.63, 3.8) is 0 Å². The summed E-state index contributed by atoms with van der Waals surface area (Å²) in [5.74, 6) is 0.171. The van der Waals surface area contributed by atoms with Crippen molar-refractivity contribution in [2.45, 2.75) is 45.3 Å². The number of phenols is 1. The number of aromatic hydroxyl groups is 1. The number of benzene rings is 3. The predicted molar refractivity (Wildman–Crippen MR) is 151 cm³/mol. The molecule has 10 heteroatoms. The quantitative estimate of drug-likeness (QED) is 0.151. The highest BCUT2D eigenvalue weighted by molar-refractivity contribution is 5.90. The normalized spacial score (nSPS) is 11.6. The standard InChI is InChI=1S/C30H37N3O7/c1-21(35)40-33(30(31)38)26-7-4-6-23(17-26)5-2-3-16-39-27-11-8-22(9-12-27)14-15-32-19-29(37)24-10-13-28(36)25(18-24)20-34/h4,6-13,17-18,29,32,34,36-37H,2-3,5,14-16,19-20H2,1H3,(H2,31,38)/t29-/m0/s1. The number of rotatable bonds is 14. The van der Waals surface area contributed by atoms with E-state index in [9.17, 15) is 24.9 Å². The van der Waals surface area contributed by atoms with Gasteiger partial charge in [0.1, 0.15) is 11.5 Å². The molecule has 0 heterocycles. The number of aliphatic hydroxyl groups excluding tert-OH is 2. The van der Waals surface area contributed by atoms with Crippen molar-refractivity contribution in [2.24, 2.45) is 5.73 Å². The maximum Gasteiger partial charge on any atom is 0.352 e. The van der Waals surface area contributed by atoms with E-state index in [1.165, 1.54) is 13.0 Å².